The molecule has 1 aromatic heterocycles. The molecule has 0 saturated heterocycles. The first-order valence-electron chi connectivity index (χ1n) is 5.13. The Bertz CT molecular complexity index is 524. The quantitative estimate of drug-likeness (QED) is 0.686. The molecule has 6 nitrogen and oxygen atoms in total. The van der Waals surface area contributed by atoms with Gasteiger partial charge < -0.3 is 20.5 Å². The smallest absolute Gasteiger partial charge is 0.243 e. The molecule has 1 aromatic carbocycles. The Morgan fingerprint density at radius 3 is 2.71 bits per heavy atom. The molecule has 4 N–H and O–H groups in total. The van der Waals surface area contributed by atoms with Gasteiger partial charge in [-0.25, -0.2) is 0 Å². The molecule has 90 valence electrons. The van der Waals surface area contributed by atoms with Gasteiger partial charge in [-0.1, -0.05) is 11.2 Å². The lowest BCUT2D eigenvalue weighted by molar-refractivity contribution is 0.351. The van der Waals surface area contributed by atoms with Crippen molar-refractivity contribution in [2.24, 2.45) is 5.73 Å². The van der Waals surface area contributed by atoms with Gasteiger partial charge in [-0.3, -0.25) is 0 Å². The molecule has 1 atom stereocenters. The highest BCUT2D eigenvalue weighted by atomic mass is 16.5. The summed E-state index contributed by atoms with van der Waals surface area (Å²) in [5.74, 6) is 0.562. The van der Waals surface area contributed by atoms with Gasteiger partial charge >= 0.3 is 0 Å². The number of nitrogens with zero attached hydrogens (tertiary/aromatic N) is 2. The molecule has 2 aromatic rings. The summed E-state index contributed by atoms with van der Waals surface area (Å²) in [6, 6.07) is 4.12. The summed E-state index contributed by atoms with van der Waals surface area (Å²) in [6.45, 7) is 1.71. The summed E-state index contributed by atoms with van der Waals surface area (Å²) >= 11 is 0. The zero-order valence-corrected chi connectivity index (χ0v) is 9.29. The van der Waals surface area contributed by atoms with Gasteiger partial charge in [0.2, 0.25) is 5.89 Å². The number of rotatable bonds is 3. The van der Waals surface area contributed by atoms with Gasteiger partial charge in [-0.05, 0) is 31.0 Å². The Morgan fingerprint density at radius 2 is 2.12 bits per heavy atom. The second kappa shape index (κ2) is 4.42. The van der Waals surface area contributed by atoms with Crippen LogP contribution in [0.25, 0.3) is 0 Å². The van der Waals surface area contributed by atoms with Crippen LogP contribution in [-0.4, -0.2) is 20.4 Å². The van der Waals surface area contributed by atoms with Crippen molar-refractivity contribution in [1.82, 2.24) is 10.1 Å². The van der Waals surface area contributed by atoms with Crippen molar-refractivity contribution in [3.8, 4) is 11.5 Å². The fourth-order valence-corrected chi connectivity index (χ4v) is 1.50. The van der Waals surface area contributed by atoms with E-state index in [2.05, 4.69) is 10.1 Å². The summed E-state index contributed by atoms with van der Waals surface area (Å²) in [5.41, 5.74) is 6.67. The first-order chi connectivity index (χ1) is 8.06. The maximum Gasteiger partial charge on any atom is 0.243 e. The van der Waals surface area contributed by atoms with Crippen molar-refractivity contribution in [2.45, 2.75) is 19.4 Å². The van der Waals surface area contributed by atoms with E-state index in [0.717, 1.165) is 5.56 Å². The first kappa shape index (κ1) is 11.4. The van der Waals surface area contributed by atoms with E-state index in [4.69, 9.17) is 10.3 Å². The molecule has 0 spiro atoms. The van der Waals surface area contributed by atoms with E-state index in [1.54, 1.807) is 13.0 Å². The number of phenols is 2. The summed E-state index contributed by atoms with van der Waals surface area (Å²) in [6.07, 6.45) is 0.440. The molecule has 6 heteroatoms. The number of benzene rings is 1. The van der Waals surface area contributed by atoms with Crippen LogP contribution in [0.5, 0.6) is 11.5 Å². The maximum atomic E-state index is 9.35. The lowest BCUT2D eigenvalue weighted by atomic mass is 10.1. The molecule has 0 radical (unpaired) electrons. The number of aromatic hydroxyl groups is 2. The van der Waals surface area contributed by atoms with Crippen molar-refractivity contribution in [3.05, 3.63) is 35.5 Å². The summed E-state index contributed by atoms with van der Waals surface area (Å²) in [5, 5.41) is 22.2. The highest BCUT2D eigenvalue weighted by Gasteiger charge is 2.14. The van der Waals surface area contributed by atoms with E-state index in [9.17, 15) is 10.2 Å². The fourth-order valence-electron chi connectivity index (χ4n) is 1.50. The van der Waals surface area contributed by atoms with Crippen molar-refractivity contribution < 1.29 is 14.7 Å². The van der Waals surface area contributed by atoms with Gasteiger partial charge in [0.05, 0.1) is 6.04 Å². The highest BCUT2D eigenvalue weighted by Crippen LogP contribution is 2.26. The molecule has 0 fully saturated rings. The van der Waals surface area contributed by atoms with Crippen molar-refractivity contribution in [3.63, 3.8) is 0 Å². The van der Waals surface area contributed by atoms with Crippen LogP contribution < -0.4 is 5.73 Å². The molecular weight excluding hydrogens is 222 g/mol. The largest absolute Gasteiger partial charge is 0.504 e. The topological polar surface area (TPSA) is 105 Å². The third-order valence-electron chi connectivity index (χ3n) is 2.36. The van der Waals surface area contributed by atoms with Gasteiger partial charge in [0.25, 0.3) is 0 Å². The zero-order chi connectivity index (χ0) is 12.4. The van der Waals surface area contributed by atoms with E-state index in [1.807, 2.05) is 0 Å². The molecule has 17 heavy (non-hydrogen) atoms. The Morgan fingerprint density at radius 1 is 1.35 bits per heavy atom. The SMILES string of the molecule is Cc1noc(C(N)Cc2ccc(O)c(O)c2)n1. The average Bonchev–Trinajstić information content (AvgIpc) is 2.70. The van der Waals surface area contributed by atoms with E-state index in [0.29, 0.717) is 18.1 Å². The van der Waals surface area contributed by atoms with Crippen LogP contribution in [-0.2, 0) is 6.42 Å². The lowest BCUT2D eigenvalue weighted by Gasteiger charge is -2.07. The van der Waals surface area contributed by atoms with Gasteiger partial charge in [0.15, 0.2) is 17.3 Å². The summed E-state index contributed by atoms with van der Waals surface area (Å²) in [7, 11) is 0. The van der Waals surface area contributed by atoms with Crippen LogP contribution in [0.4, 0.5) is 0 Å². The number of nitrogens with two attached hydrogens (primary N) is 1. The Kier molecular flexibility index (Phi) is 2.97. The Balaban J connectivity index is 2.12. The zero-order valence-electron chi connectivity index (χ0n) is 9.29. The van der Waals surface area contributed by atoms with Crippen LogP contribution in [0.15, 0.2) is 22.7 Å². The van der Waals surface area contributed by atoms with Gasteiger partial charge in [0, 0.05) is 0 Å². The minimum Gasteiger partial charge on any atom is -0.504 e. The number of aryl methyl sites for hydroxylation is 1. The monoisotopic (exact) mass is 235 g/mol. The fraction of sp³-hybridized carbons (Fsp3) is 0.273. The van der Waals surface area contributed by atoms with Gasteiger partial charge in [-0.15, -0.1) is 0 Å². The second-order valence-corrected chi connectivity index (χ2v) is 3.81. The van der Waals surface area contributed by atoms with E-state index in [1.165, 1.54) is 12.1 Å². The third kappa shape index (κ3) is 2.54. The molecule has 0 aliphatic heterocycles. The first-order valence-corrected chi connectivity index (χ1v) is 5.13. The lowest BCUT2D eigenvalue weighted by Crippen LogP contribution is -2.13. The minimum atomic E-state index is -0.430. The van der Waals surface area contributed by atoms with Crippen LogP contribution in [0.2, 0.25) is 0 Å². The average molecular weight is 235 g/mol. The van der Waals surface area contributed by atoms with Crippen molar-refractivity contribution >= 4 is 0 Å². The Hall–Kier alpha value is -2.08. The normalized spacial score (nSPS) is 12.6. The predicted molar refractivity (Wildman–Crippen MR) is 59.4 cm³/mol. The summed E-state index contributed by atoms with van der Waals surface area (Å²) < 4.78 is 4.95. The molecule has 0 amide bonds. The standard InChI is InChI=1S/C11H13N3O3/c1-6-13-11(17-14-6)8(12)4-7-2-3-9(15)10(16)5-7/h2-3,5,8,15-16H,4,12H2,1H3. The molecule has 2 rings (SSSR count). The van der Waals surface area contributed by atoms with Gasteiger partial charge in [-0.2, -0.15) is 4.98 Å². The van der Waals surface area contributed by atoms with Crippen molar-refractivity contribution in [2.75, 3.05) is 0 Å². The number of hydrogen-bond donors (Lipinski definition) is 3. The van der Waals surface area contributed by atoms with Crippen LogP contribution in [0.1, 0.15) is 23.3 Å². The highest BCUT2D eigenvalue weighted by molar-refractivity contribution is 5.40. The minimum absolute atomic E-state index is 0.157. The molecule has 0 aliphatic carbocycles. The molecule has 0 bridgehead atoms. The van der Waals surface area contributed by atoms with Gasteiger partial charge in [0.1, 0.15) is 0 Å². The molecule has 0 saturated carbocycles. The molecule has 0 aliphatic rings. The molecule has 1 heterocycles. The van der Waals surface area contributed by atoms with Crippen molar-refractivity contribution in [1.29, 1.82) is 0 Å². The van der Waals surface area contributed by atoms with E-state index in [-0.39, 0.29) is 11.5 Å². The summed E-state index contributed by atoms with van der Waals surface area (Å²) in [4.78, 5) is 4.03. The van der Waals surface area contributed by atoms with Crippen LogP contribution in [0, 0.1) is 6.92 Å². The van der Waals surface area contributed by atoms with Crippen LogP contribution >= 0.6 is 0 Å². The number of phenolic OH excluding ortho intramolecular Hbond substituents is 2. The number of hydrogen-bond acceptors (Lipinski definition) is 6. The molecule has 1 unspecified atom stereocenters. The second-order valence-electron chi connectivity index (χ2n) is 3.81. The molecular formula is C11H13N3O3. The predicted octanol–water partition coefficient (Wildman–Crippen LogP) is 1.03. The Labute approximate surface area is 97.7 Å². The van der Waals surface area contributed by atoms with Crippen LogP contribution in [0.3, 0.4) is 0 Å². The number of aromatic nitrogens is 2. The van der Waals surface area contributed by atoms with E-state index < -0.39 is 6.04 Å². The third-order valence-corrected chi connectivity index (χ3v) is 2.36. The van der Waals surface area contributed by atoms with E-state index >= 15 is 0 Å². The maximum absolute atomic E-state index is 9.35.